The van der Waals surface area contributed by atoms with E-state index in [0.717, 1.165) is 30.8 Å². The molecule has 1 aromatic rings. The molecule has 0 aliphatic carbocycles. The van der Waals surface area contributed by atoms with Gasteiger partial charge < -0.3 is 20.1 Å². The zero-order valence-corrected chi connectivity index (χ0v) is 11.9. The summed E-state index contributed by atoms with van der Waals surface area (Å²) in [5.74, 6) is 0.702. The molecule has 2 heterocycles. The van der Waals surface area contributed by atoms with Crippen LogP contribution in [0, 0.1) is 11.3 Å². The number of hydrogen-bond acceptors (Lipinski definition) is 5. The van der Waals surface area contributed by atoms with Crippen molar-refractivity contribution in [2.75, 3.05) is 36.9 Å². The average molecular weight is 273 g/mol. The van der Waals surface area contributed by atoms with E-state index in [9.17, 15) is 5.26 Å². The van der Waals surface area contributed by atoms with Gasteiger partial charge in [-0.15, -0.1) is 0 Å². The first-order chi connectivity index (χ1) is 9.52. The minimum Gasteiger partial charge on any atom is -0.486 e. The number of benzene rings is 1. The standard InChI is InChI=1S/C15H19N3O2/c1-15(2)8-10-7-12(17)13(11(9-16)14(10)20-15)18-3-5-19-6-4-18/h7H,3-6,8,17H2,1-2H3. The number of anilines is 2. The Labute approximate surface area is 118 Å². The van der Waals surface area contributed by atoms with Crippen LogP contribution in [0.2, 0.25) is 0 Å². The van der Waals surface area contributed by atoms with Crippen molar-refractivity contribution in [3.63, 3.8) is 0 Å². The molecule has 2 aliphatic rings. The largest absolute Gasteiger partial charge is 0.486 e. The quantitative estimate of drug-likeness (QED) is 0.788. The van der Waals surface area contributed by atoms with E-state index in [2.05, 4.69) is 11.0 Å². The van der Waals surface area contributed by atoms with E-state index in [4.69, 9.17) is 15.2 Å². The van der Waals surface area contributed by atoms with Crippen molar-refractivity contribution in [3.8, 4) is 11.8 Å². The highest BCUT2D eigenvalue weighted by Gasteiger charge is 2.35. The molecule has 5 heteroatoms. The Morgan fingerprint density at radius 2 is 2.05 bits per heavy atom. The number of morpholine rings is 1. The van der Waals surface area contributed by atoms with Gasteiger partial charge in [-0.25, -0.2) is 0 Å². The number of hydrogen-bond donors (Lipinski definition) is 1. The van der Waals surface area contributed by atoms with Gasteiger partial charge in [0.05, 0.1) is 24.6 Å². The highest BCUT2D eigenvalue weighted by Crippen LogP contribution is 2.44. The van der Waals surface area contributed by atoms with Crippen molar-refractivity contribution < 1.29 is 9.47 Å². The highest BCUT2D eigenvalue weighted by molar-refractivity contribution is 5.80. The normalized spacial score (nSPS) is 20.1. The topological polar surface area (TPSA) is 71.5 Å². The van der Waals surface area contributed by atoms with Crippen LogP contribution in [0.1, 0.15) is 25.0 Å². The molecule has 1 aromatic carbocycles. The molecule has 2 aliphatic heterocycles. The summed E-state index contributed by atoms with van der Waals surface area (Å²) in [6, 6.07) is 4.24. The van der Waals surface area contributed by atoms with E-state index in [1.165, 1.54) is 0 Å². The number of nitrogens with zero attached hydrogens (tertiary/aromatic N) is 2. The molecule has 0 amide bonds. The minimum atomic E-state index is -0.274. The van der Waals surface area contributed by atoms with Crippen LogP contribution in [0.5, 0.6) is 5.75 Å². The second-order valence-corrected chi connectivity index (χ2v) is 5.93. The van der Waals surface area contributed by atoms with E-state index in [1.54, 1.807) is 0 Å². The predicted octanol–water partition coefficient (Wildman–Crippen LogP) is 1.69. The van der Waals surface area contributed by atoms with Gasteiger partial charge in [0.2, 0.25) is 0 Å². The SMILES string of the molecule is CC1(C)Cc2cc(N)c(N3CCOCC3)c(C#N)c2O1. The van der Waals surface area contributed by atoms with Gasteiger partial charge in [0.25, 0.3) is 0 Å². The fraction of sp³-hybridized carbons (Fsp3) is 0.533. The van der Waals surface area contributed by atoms with Crippen molar-refractivity contribution in [2.24, 2.45) is 0 Å². The molecule has 20 heavy (non-hydrogen) atoms. The van der Waals surface area contributed by atoms with E-state index in [0.29, 0.717) is 30.2 Å². The van der Waals surface area contributed by atoms with Crippen LogP contribution in [0.15, 0.2) is 6.07 Å². The molecule has 0 saturated carbocycles. The highest BCUT2D eigenvalue weighted by atomic mass is 16.5. The second-order valence-electron chi connectivity index (χ2n) is 5.93. The van der Waals surface area contributed by atoms with E-state index < -0.39 is 0 Å². The van der Waals surface area contributed by atoms with Crippen LogP contribution in [0.4, 0.5) is 11.4 Å². The minimum absolute atomic E-state index is 0.274. The summed E-state index contributed by atoms with van der Waals surface area (Å²) in [6.45, 7) is 6.88. The lowest BCUT2D eigenvalue weighted by Gasteiger charge is -2.31. The van der Waals surface area contributed by atoms with Gasteiger partial charge in [0, 0.05) is 25.1 Å². The van der Waals surface area contributed by atoms with Crippen LogP contribution in [0.25, 0.3) is 0 Å². The summed E-state index contributed by atoms with van der Waals surface area (Å²) in [5, 5.41) is 9.56. The number of nitrogens with two attached hydrogens (primary N) is 1. The molecule has 0 aromatic heterocycles. The molecule has 1 saturated heterocycles. The molecule has 0 unspecified atom stereocenters. The summed E-state index contributed by atoms with van der Waals surface area (Å²) < 4.78 is 11.3. The number of fused-ring (bicyclic) bond motifs is 1. The Morgan fingerprint density at radius 1 is 1.35 bits per heavy atom. The molecule has 5 nitrogen and oxygen atoms in total. The van der Waals surface area contributed by atoms with E-state index in [1.807, 2.05) is 19.9 Å². The molecule has 3 rings (SSSR count). The van der Waals surface area contributed by atoms with Crippen LogP contribution in [-0.2, 0) is 11.2 Å². The third-order valence-corrected chi connectivity index (χ3v) is 3.79. The fourth-order valence-corrected chi connectivity index (χ4v) is 2.98. The molecule has 0 atom stereocenters. The maximum absolute atomic E-state index is 9.56. The van der Waals surface area contributed by atoms with Crippen LogP contribution in [-0.4, -0.2) is 31.9 Å². The Bertz CT molecular complexity index is 584. The third kappa shape index (κ3) is 2.06. The summed E-state index contributed by atoms with van der Waals surface area (Å²) in [6.07, 6.45) is 0.782. The van der Waals surface area contributed by atoms with Crippen LogP contribution < -0.4 is 15.4 Å². The van der Waals surface area contributed by atoms with Crippen molar-refractivity contribution >= 4 is 11.4 Å². The summed E-state index contributed by atoms with van der Waals surface area (Å²) >= 11 is 0. The van der Waals surface area contributed by atoms with Gasteiger partial charge in [0.15, 0.2) is 0 Å². The first-order valence-electron chi connectivity index (χ1n) is 6.89. The lowest BCUT2D eigenvalue weighted by atomic mass is 9.98. The Hall–Kier alpha value is -1.93. The molecular weight excluding hydrogens is 254 g/mol. The van der Waals surface area contributed by atoms with Gasteiger partial charge in [-0.3, -0.25) is 0 Å². The second kappa shape index (κ2) is 4.57. The van der Waals surface area contributed by atoms with Gasteiger partial charge in [0.1, 0.15) is 23.0 Å². The lowest BCUT2D eigenvalue weighted by Crippen LogP contribution is -2.37. The lowest BCUT2D eigenvalue weighted by molar-refractivity contribution is 0.122. The zero-order valence-electron chi connectivity index (χ0n) is 11.9. The molecule has 1 fully saturated rings. The maximum atomic E-state index is 9.56. The third-order valence-electron chi connectivity index (χ3n) is 3.79. The Morgan fingerprint density at radius 3 is 2.70 bits per heavy atom. The maximum Gasteiger partial charge on any atom is 0.143 e. The first kappa shape index (κ1) is 13.1. The Balaban J connectivity index is 2.10. The van der Waals surface area contributed by atoms with Gasteiger partial charge in [-0.05, 0) is 19.9 Å². The van der Waals surface area contributed by atoms with Gasteiger partial charge in [-0.2, -0.15) is 5.26 Å². The van der Waals surface area contributed by atoms with Crippen LogP contribution in [0.3, 0.4) is 0 Å². The van der Waals surface area contributed by atoms with Crippen molar-refractivity contribution in [1.82, 2.24) is 0 Å². The van der Waals surface area contributed by atoms with E-state index in [-0.39, 0.29) is 5.60 Å². The monoisotopic (exact) mass is 273 g/mol. The molecule has 0 spiro atoms. The number of rotatable bonds is 1. The molecule has 0 radical (unpaired) electrons. The smallest absolute Gasteiger partial charge is 0.143 e. The predicted molar refractivity (Wildman–Crippen MR) is 77.0 cm³/mol. The zero-order chi connectivity index (χ0) is 14.3. The summed E-state index contributed by atoms with van der Waals surface area (Å²) in [7, 11) is 0. The molecule has 106 valence electrons. The van der Waals surface area contributed by atoms with Crippen molar-refractivity contribution in [2.45, 2.75) is 25.9 Å². The van der Waals surface area contributed by atoms with Gasteiger partial charge >= 0.3 is 0 Å². The van der Waals surface area contributed by atoms with Gasteiger partial charge in [-0.1, -0.05) is 0 Å². The average Bonchev–Trinajstić information content (AvgIpc) is 2.71. The Kier molecular flexibility index (Phi) is 2.98. The summed E-state index contributed by atoms with van der Waals surface area (Å²) in [4.78, 5) is 2.12. The summed E-state index contributed by atoms with van der Waals surface area (Å²) in [5.41, 5.74) is 8.97. The molecular formula is C15H19N3O2. The van der Waals surface area contributed by atoms with E-state index >= 15 is 0 Å². The first-order valence-corrected chi connectivity index (χ1v) is 6.89. The molecule has 0 bridgehead atoms. The number of ether oxygens (including phenoxy) is 2. The number of nitrogen functional groups attached to an aromatic ring is 1. The number of nitriles is 1. The fourth-order valence-electron chi connectivity index (χ4n) is 2.98. The van der Waals surface area contributed by atoms with Crippen LogP contribution >= 0.6 is 0 Å². The van der Waals surface area contributed by atoms with Crippen molar-refractivity contribution in [1.29, 1.82) is 5.26 Å². The van der Waals surface area contributed by atoms with Crippen molar-refractivity contribution in [3.05, 3.63) is 17.2 Å². The molecule has 2 N–H and O–H groups in total.